The van der Waals surface area contributed by atoms with Crippen LogP contribution in [0.2, 0.25) is 0 Å². The maximum absolute atomic E-state index is 13.1. The largest absolute Gasteiger partial charge is 0.337 e. The number of hydrogen-bond donors (Lipinski definition) is 0. The summed E-state index contributed by atoms with van der Waals surface area (Å²) in [4.78, 5) is 19.7. The number of nitrogens with zero attached hydrogens (tertiary/aromatic N) is 3. The molecule has 0 unspecified atom stereocenters. The molecule has 0 atom stereocenters. The fraction of sp³-hybridized carbons (Fsp3) is 0.556. The van der Waals surface area contributed by atoms with Gasteiger partial charge in [-0.3, -0.25) is 9.20 Å². The molecule has 0 aliphatic heterocycles. The molecular formula is C18H25N3O. The Labute approximate surface area is 132 Å². The second kappa shape index (κ2) is 6.11. The van der Waals surface area contributed by atoms with Gasteiger partial charge in [0.05, 0.1) is 5.69 Å². The molecule has 0 radical (unpaired) electrons. The molecule has 2 aromatic rings. The normalized spacial score (nSPS) is 16.1. The molecule has 0 N–H and O–H groups in total. The van der Waals surface area contributed by atoms with E-state index in [1.54, 1.807) is 0 Å². The number of aromatic nitrogens is 2. The van der Waals surface area contributed by atoms with Crippen LogP contribution < -0.4 is 0 Å². The van der Waals surface area contributed by atoms with E-state index < -0.39 is 0 Å². The summed E-state index contributed by atoms with van der Waals surface area (Å²) < 4.78 is 1.97. The summed E-state index contributed by atoms with van der Waals surface area (Å²) in [5.74, 6) is 0.113. The van der Waals surface area contributed by atoms with E-state index in [-0.39, 0.29) is 5.91 Å². The first-order valence-electron chi connectivity index (χ1n) is 8.37. The molecule has 3 rings (SSSR count). The van der Waals surface area contributed by atoms with Crippen LogP contribution in [0.25, 0.3) is 5.65 Å². The number of imidazole rings is 1. The second-order valence-electron chi connectivity index (χ2n) is 6.35. The number of hydrogen-bond acceptors (Lipinski definition) is 2. The van der Waals surface area contributed by atoms with E-state index in [1.165, 1.54) is 19.3 Å². The van der Waals surface area contributed by atoms with Crippen LogP contribution in [-0.4, -0.2) is 33.3 Å². The van der Waals surface area contributed by atoms with Crippen molar-refractivity contribution in [3.05, 3.63) is 35.3 Å². The highest BCUT2D eigenvalue weighted by Gasteiger charge is 2.27. The molecule has 1 aliphatic carbocycles. The third-order valence-corrected chi connectivity index (χ3v) is 4.90. The van der Waals surface area contributed by atoms with Gasteiger partial charge in [0.1, 0.15) is 11.3 Å². The zero-order valence-electron chi connectivity index (χ0n) is 13.8. The maximum Gasteiger partial charge on any atom is 0.272 e. The molecule has 22 heavy (non-hydrogen) atoms. The van der Waals surface area contributed by atoms with Crippen LogP contribution in [0.5, 0.6) is 0 Å². The topological polar surface area (TPSA) is 37.6 Å². The first-order chi connectivity index (χ1) is 10.6. The Balaban J connectivity index is 2.00. The predicted molar refractivity (Wildman–Crippen MR) is 88.3 cm³/mol. The van der Waals surface area contributed by atoms with Crippen LogP contribution in [-0.2, 0) is 6.42 Å². The minimum atomic E-state index is 0.113. The van der Waals surface area contributed by atoms with Gasteiger partial charge in [0.15, 0.2) is 0 Å². The van der Waals surface area contributed by atoms with E-state index in [2.05, 4.69) is 6.92 Å². The van der Waals surface area contributed by atoms with Crippen LogP contribution in [0, 0.1) is 6.92 Å². The van der Waals surface area contributed by atoms with Crippen LogP contribution >= 0.6 is 0 Å². The van der Waals surface area contributed by atoms with E-state index >= 15 is 0 Å². The molecule has 1 aliphatic rings. The van der Waals surface area contributed by atoms with Crippen molar-refractivity contribution in [2.45, 2.75) is 58.4 Å². The third kappa shape index (κ3) is 2.51. The van der Waals surface area contributed by atoms with Crippen LogP contribution in [0.1, 0.15) is 60.8 Å². The summed E-state index contributed by atoms with van der Waals surface area (Å²) in [7, 11) is 1.95. The van der Waals surface area contributed by atoms with Gasteiger partial charge in [-0.25, -0.2) is 4.98 Å². The second-order valence-corrected chi connectivity index (χ2v) is 6.35. The highest BCUT2D eigenvalue weighted by Crippen LogP contribution is 2.24. The van der Waals surface area contributed by atoms with Gasteiger partial charge < -0.3 is 4.90 Å². The highest BCUT2D eigenvalue weighted by molar-refractivity contribution is 5.95. The number of rotatable bonds is 3. The van der Waals surface area contributed by atoms with Gasteiger partial charge >= 0.3 is 0 Å². The van der Waals surface area contributed by atoms with Crippen LogP contribution in [0.15, 0.2) is 18.3 Å². The lowest BCUT2D eigenvalue weighted by atomic mass is 9.94. The molecule has 1 fully saturated rings. The summed E-state index contributed by atoms with van der Waals surface area (Å²) in [6, 6.07) is 4.41. The molecule has 1 saturated carbocycles. The van der Waals surface area contributed by atoms with Gasteiger partial charge in [0.2, 0.25) is 0 Å². The Morgan fingerprint density at radius 2 is 2.09 bits per heavy atom. The first kappa shape index (κ1) is 15.1. The maximum atomic E-state index is 13.1. The molecule has 118 valence electrons. The molecule has 2 heterocycles. The summed E-state index contributed by atoms with van der Waals surface area (Å²) in [5, 5.41) is 0. The van der Waals surface area contributed by atoms with E-state index in [0.717, 1.165) is 41.9 Å². The smallest absolute Gasteiger partial charge is 0.272 e. The fourth-order valence-corrected chi connectivity index (χ4v) is 3.53. The number of amides is 1. The van der Waals surface area contributed by atoms with E-state index in [4.69, 9.17) is 4.98 Å². The Morgan fingerprint density at radius 3 is 2.77 bits per heavy atom. The minimum absolute atomic E-state index is 0.113. The molecule has 0 spiro atoms. The number of aryl methyl sites for hydroxylation is 2. The van der Waals surface area contributed by atoms with E-state index in [1.807, 2.05) is 41.6 Å². The monoisotopic (exact) mass is 299 g/mol. The number of fused-ring (bicyclic) bond motifs is 1. The molecule has 2 aromatic heterocycles. The minimum Gasteiger partial charge on any atom is -0.337 e. The third-order valence-electron chi connectivity index (χ3n) is 4.90. The first-order valence-corrected chi connectivity index (χ1v) is 8.37. The number of carbonyl (C=O) groups excluding carboxylic acids is 1. The van der Waals surface area contributed by atoms with Crippen molar-refractivity contribution in [3.8, 4) is 0 Å². The Hall–Kier alpha value is -1.84. The van der Waals surface area contributed by atoms with Crippen molar-refractivity contribution < 1.29 is 4.79 Å². The molecule has 4 heteroatoms. The van der Waals surface area contributed by atoms with Crippen LogP contribution in [0.3, 0.4) is 0 Å². The van der Waals surface area contributed by atoms with Gasteiger partial charge in [0.25, 0.3) is 5.91 Å². The van der Waals surface area contributed by atoms with Crippen molar-refractivity contribution in [1.82, 2.24) is 14.3 Å². The zero-order chi connectivity index (χ0) is 15.7. The number of carbonyl (C=O) groups is 1. The summed E-state index contributed by atoms with van der Waals surface area (Å²) in [6.07, 6.45) is 8.74. The summed E-state index contributed by atoms with van der Waals surface area (Å²) in [6.45, 7) is 4.11. The molecule has 0 aromatic carbocycles. The Morgan fingerprint density at radius 1 is 1.36 bits per heavy atom. The van der Waals surface area contributed by atoms with Gasteiger partial charge in [-0.1, -0.05) is 32.3 Å². The SMILES string of the molecule is CCc1nc2c(C)cccn2c1C(=O)N(C)C1CCCCC1. The van der Waals surface area contributed by atoms with Crippen LogP contribution in [0.4, 0.5) is 0 Å². The zero-order valence-corrected chi connectivity index (χ0v) is 13.8. The quantitative estimate of drug-likeness (QED) is 0.868. The fourth-order valence-electron chi connectivity index (χ4n) is 3.53. The van der Waals surface area contributed by atoms with Gasteiger partial charge in [-0.2, -0.15) is 0 Å². The molecule has 0 bridgehead atoms. The summed E-state index contributed by atoms with van der Waals surface area (Å²) in [5.41, 5.74) is 3.66. The van der Waals surface area contributed by atoms with Crippen molar-refractivity contribution in [3.63, 3.8) is 0 Å². The average Bonchev–Trinajstić information content (AvgIpc) is 2.94. The molecule has 0 saturated heterocycles. The highest BCUT2D eigenvalue weighted by atomic mass is 16.2. The van der Waals surface area contributed by atoms with Crippen molar-refractivity contribution in [2.75, 3.05) is 7.05 Å². The lowest BCUT2D eigenvalue weighted by Gasteiger charge is -2.31. The van der Waals surface area contributed by atoms with Crippen molar-refractivity contribution in [1.29, 1.82) is 0 Å². The van der Waals surface area contributed by atoms with Gasteiger partial charge in [0, 0.05) is 19.3 Å². The van der Waals surface area contributed by atoms with Crippen molar-refractivity contribution in [2.24, 2.45) is 0 Å². The number of pyridine rings is 1. The Kier molecular flexibility index (Phi) is 4.19. The molecule has 1 amide bonds. The molecule has 4 nitrogen and oxygen atoms in total. The molecular weight excluding hydrogens is 274 g/mol. The average molecular weight is 299 g/mol. The van der Waals surface area contributed by atoms with Crippen molar-refractivity contribution >= 4 is 11.6 Å². The Bertz CT molecular complexity index is 683. The standard InChI is InChI=1S/C18H25N3O/c1-4-15-16(21-12-8-9-13(2)17(21)19-15)18(22)20(3)14-10-6-5-7-11-14/h8-9,12,14H,4-7,10-11H2,1-3H3. The lowest BCUT2D eigenvalue weighted by Crippen LogP contribution is -2.39. The van der Waals surface area contributed by atoms with E-state index in [9.17, 15) is 4.79 Å². The van der Waals surface area contributed by atoms with Gasteiger partial charge in [-0.15, -0.1) is 0 Å². The van der Waals surface area contributed by atoms with E-state index in [0.29, 0.717) is 6.04 Å². The summed E-state index contributed by atoms with van der Waals surface area (Å²) >= 11 is 0. The lowest BCUT2D eigenvalue weighted by molar-refractivity contribution is 0.0688. The van der Waals surface area contributed by atoms with Gasteiger partial charge in [-0.05, 0) is 37.8 Å². The predicted octanol–water partition coefficient (Wildman–Crippen LogP) is 3.61.